The lowest BCUT2D eigenvalue weighted by Gasteiger charge is -1.97. The fraction of sp³-hybridized carbons (Fsp3) is 0. The number of fused-ring (bicyclic) bond motifs is 3. The molecule has 0 radical (unpaired) electrons. The summed E-state index contributed by atoms with van der Waals surface area (Å²) in [6.45, 7) is 0. The van der Waals surface area contributed by atoms with Gasteiger partial charge >= 0.3 is 0 Å². The number of hydrogen-bond donors (Lipinski definition) is 0. The Morgan fingerprint density at radius 3 is 1.13 bits per heavy atom. The molecular weight excluding hydrogens is 420 g/mol. The van der Waals surface area contributed by atoms with Gasteiger partial charge in [0.1, 0.15) is 10.0 Å². The van der Waals surface area contributed by atoms with Crippen LogP contribution in [0.3, 0.4) is 0 Å². The van der Waals surface area contributed by atoms with E-state index in [1.54, 1.807) is 59.3 Å². The molecule has 0 amide bonds. The molecule has 0 aliphatic heterocycles. The van der Waals surface area contributed by atoms with Gasteiger partial charge in [-0.25, -0.2) is 9.13 Å². The zero-order chi connectivity index (χ0) is 20.6. The number of thiophene rings is 2. The van der Waals surface area contributed by atoms with Crippen molar-refractivity contribution in [3.8, 4) is 10.0 Å². The molecule has 2 aromatic carbocycles. The molecule has 6 aromatic rings. The standard InChI is InChI=1S/C22H10N2O4S2/c25-19-13-7-11-9-15-16(22(28)24(21(15)27)18-4-2-6-30-18)10-12(11)8-14(13)20(26)23(19)17-3-1-5-29-17/h1-10H. The Morgan fingerprint density at radius 1 is 0.533 bits per heavy atom. The van der Waals surface area contributed by atoms with Crippen molar-refractivity contribution in [3.63, 3.8) is 0 Å². The second-order valence-electron chi connectivity index (χ2n) is 6.94. The smallest absolute Gasteiger partial charge is 0.266 e. The van der Waals surface area contributed by atoms with Gasteiger partial charge in [0, 0.05) is 0 Å². The van der Waals surface area contributed by atoms with Gasteiger partial charge in [0.25, 0.3) is 22.2 Å². The summed E-state index contributed by atoms with van der Waals surface area (Å²) in [6.07, 6.45) is 0. The van der Waals surface area contributed by atoms with Crippen molar-refractivity contribution >= 4 is 55.0 Å². The van der Waals surface area contributed by atoms with Crippen molar-refractivity contribution in [1.29, 1.82) is 0 Å². The number of aromatic nitrogens is 2. The van der Waals surface area contributed by atoms with Gasteiger partial charge in [0.05, 0.1) is 21.5 Å². The van der Waals surface area contributed by atoms with Crippen molar-refractivity contribution in [3.05, 3.63) is 101 Å². The van der Waals surface area contributed by atoms with E-state index in [-0.39, 0.29) is 22.2 Å². The Kier molecular flexibility index (Phi) is 3.42. The molecule has 6 rings (SSSR count). The minimum Gasteiger partial charge on any atom is -0.268 e. The first-order chi connectivity index (χ1) is 14.5. The van der Waals surface area contributed by atoms with E-state index in [0.29, 0.717) is 42.3 Å². The van der Waals surface area contributed by atoms with Crippen LogP contribution in [-0.4, -0.2) is 9.13 Å². The molecular formula is C22H10N2O4S2. The zero-order valence-corrected chi connectivity index (χ0v) is 16.8. The summed E-state index contributed by atoms with van der Waals surface area (Å²) in [5, 5.41) is 7.19. The highest BCUT2D eigenvalue weighted by atomic mass is 32.1. The summed E-state index contributed by atoms with van der Waals surface area (Å²) in [5.41, 5.74) is -1.55. The van der Waals surface area contributed by atoms with Gasteiger partial charge in [-0.1, -0.05) is 0 Å². The lowest BCUT2D eigenvalue weighted by Crippen LogP contribution is -2.22. The Bertz CT molecular complexity index is 1580. The van der Waals surface area contributed by atoms with Crippen LogP contribution in [0.1, 0.15) is 0 Å². The maximum atomic E-state index is 12.9. The average Bonchev–Trinajstić information content (AvgIpc) is 3.52. The average molecular weight is 430 g/mol. The molecule has 0 bridgehead atoms. The van der Waals surface area contributed by atoms with Crippen molar-refractivity contribution < 1.29 is 0 Å². The lowest BCUT2D eigenvalue weighted by atomic mass is 10.0. The molecule has 30 heavy (non-hydrogen) atoms. The summed E-state index contributed by atoms with van der Waals surface area (Å²) >= 11 is 2.62. The van der Waals surface area contributed by atoms with Crippen LogP contribution < -0.4 is 22.2 Å². The minimum atomic E-state index is -0.387. The Morgan fingerprint density at radius 2 is 0.867 bits per heavy atom. The van der Waals surface area contributed by atoms with E-state index in [1.165, 1.54) is 22.7 Å². The molecule has 0 spiro atoms. The van der Waals surface area contributed by atoms with Gasteiger partial charge in [0.2, 0.25) is 0 Å². The Hall–Kier alpha value is -3.62. The van der Waals surface area contributed by atoms with E-state index < -0.39 is 0 Å². The Balaban J connectivity index is 1.72. The monoisotopic (exact) mass is 430 g/mol. The van der Waals surface area contributed by atoms with Crippen LogP contribution in [-0.2, 0) is 0 Å². The van der Waals surface area contributed by atoms with E-state index in [4.69, 9.17) is 0 Å². The molecule has 8 heteroatoms. The summed E-state index contributed by atoms with van der Waals surface area (Å²) in [7, 11) is 0. The molecule has 144 valence electrons. The van der Waals surface area contributed by atoms with Gasteiger partial charge in [-0.15, -0.1) is 22.7 Å². The normalized spacial score (nSPS) is 11.9. The molecule has 4 aromatic heterocycles. The topological polar surface area (TPSA) is 78.1 Å². The third-order valence-electron chi connectivity index (χ3n) is 5.30. The summed E-state index contributed by atoms with van der Waals surface area (Å²) < 4.78 is 2.33. The van der Waals surface area contributed by atoms with Crippen molar-refractivity contribution in [2.75, 3.05) is 0 Å². The summed E-state index contributed by atoms with van der Waals surface area (Å²) in [5.74, 6) is 0. The largest absolute Gasteiger partial charge is 0.268 e. The van der Waals surface area contributed by atoms with E-state index in [9.17, 15) is 19.2 Å². The fourth-order valence-electron chi connectivity index (χ4n) is 3.92. The molecule has 0 N–H and O–H groups in total. The number of hydrogen-bond acceptors (Lipinski definition) is 6. The van der Waals surface area contributed by atoms with E-state index in [1.807, 2.05) is 0 Å². The first kappa shape index (κ1) is 17.3. The summed E-state index contributed by atoms with van der Waals surface area (Å²) in [6, 6.07) is 13.5. The maximum absolute atomic E-state index is 12.9. The predicted octanol–water partition coefficient (Wildman–Crippen LogP) is 3.17. The Labute approximate surface area is 174 Å². The molecule has 0 saturated carbocycles. The number of benzene rings is 2. The second kappa shape index (κ2) is 5.94. The van der Waals surface area contributed by atoms with Gasteiger partial charge in [-0.05, 0) is 70.1 Å². The van der Waals surface area contributed by atoms with Crippen molar-refractivity contribution in [1.82, 2.24) is 9.13 Å². The first-order valence-electron chi connectivity index (χ1n) is 9.01. The second-order valence-corrected chi connectivity index (χ2v) is 8.79. The molecule has 6 nitrogen and oxygen atoms in total. The number of nitrogens with zero attached hydrogens (tertiary/aromatic N) is 2. The SMILES string of the molecule is O=c1c2cc3cc4c(=O)n(-c5cccs5)c(=O)c4cc3cc2c(=O)n1-c1cccs1. The third-order valence-corrected chi connectivity index (χ3v) is 7.01. The maximum Gasteiger partial charge on any atom is 0.266 e. The zero-order valence-electron chi connectivity index (χ0n) is 15.1. The van der Waals surface area contributed by atoms with E-state index in [0.717, 1.165) is 9.13 Å². The highest BCUT2D eigenvalue weighted by Crippen LogP contribution is 2.25. The van der Waals surface area contributed by atoms with Crippen LogP contribution >= 0.6 is 22.7 Å². The first-order valence-corrected chi connectivity index (χ1v) is 10.8. The molecule has 0 saturated heterocycles. The van der Waals surface area contributed by atoms with Gasteiger partial charge < -0.3 is 0 Å². The van der Waals surface area contributed by atoms with Gasteiger partial charge in [0.15, 0.2) is 0 Å². The van der Waals surface area contributed by atoms with Crippen LogP contribution in [0, 0.1) is 0 Å². The van der Waals surface area contributed by atoms with E-state index >= 15 is 0 Å². The van der Waals surface area contributed by atoms with Crippen LogP contribution in [0.25, 0.3) is 42.3 Å². The molecule has 0 unspecified atom stereocenters. The van der Waals surface area contributed by atoms with E-state index in [2.05, 4.69) is 0 Å². The highest BCUT2D eigenvalue weighted by Gasteiger charge is 2.19. The number of rotatable bonds is 2. The molecule has 0 atom stereocenters. The quantitative estimate of drug-likeness (QED) is 0.423. The third kappa shape index (κ3) is 2.17. The predicted molar refractivity (Wildman–Crippen MR) is 121 cm³/mol. The van der Waals surface area contributed by atoms with Crippen LogP contribution in [0.5, 0.6) is 0 Å². The van der Waals surface area contributed by atoms with Crippen molar-refractivity contribution in [2.45, 2.75) is 0 Å². The molecule has 0 fully saturated rings. The van der Waals surface area contributed by atoms with Crippen LogP contribution in [0.2, 0.25) is 0 Å². The minimum absolute atomic E-state index is 0.299. The lowest BCUT2D eigenvalue weighted by molar-refractivity contribution is 1.02. The molecule has 0 aliphatic rings. The van der Waals surface area contributed by atoms with Gasteiger partial charge in [-0.2, -0.15) is 0 Å². The van der Waals surface area contributed by atoms with Crippen LogP contribution in [0.4, 0.5) is 0 Å². The molecule has 0 aliphatic carbocycles. The van der Waals surface area contributed by atoms with Crippen LogP contribution in [0.15, 0.2) is 78.5 Å². The fourth-order valence-corrected chi connectivity index (χ4v) is 5.37. The van der Waals surface area contributed by atoms with Crippen molar-refractivity contribution in [2.24, 2.45) is 0 Å². The van der Waals surface area contributed by atoms with Gasteiger partial charge in [-0.3, -0.25) is 19.2 Å². The highest BCUT2D eigenvalue weighted by molar-refractivity contribution is 7.12. The molecule has 4 heterocycles. The summed E-state index contributed by atoms with van der Waals surface area (Å²) in [4.78, 5) is 51.6.